The number of halogens is 3. The molecule has 0 aliphatic rings. The van der Waals surface area contributed by atoms with Gasteiger partial charge in [0.05, 0.1) is 11.3 Å². The molecule has 20 heteroatoms. The largest absolute Gasteiger partial charge is 0.416 e. The van der Waals surface area contributed by atoms with Crippen molar-refractivity contribution in [3.63, 3.8) is 0 Å². The molecule has 0 atom stereocenters. The van der Waals surface area contributed by atoms with Crippen LogP contribution >= 0.6 is 48.9 Å². The highest BCUT2D eigenvalue weighted by Crippen LogP contribution is 2.29. The molecule has 0 unspecified atom stereocenters. The molecule has 3 aromatic carbocycles. The van der Waals surface area contributed by atoms with Gasteiger partial charge >= 0.3 is 6.18 Å². The second-order valence-corrected chi connectivity index (χ2v) is 16.3. The fourth-order valence-corrected chi connectivity index (χ4v) is 7.79. The van der Waals surface area contributed by atoms with E-state index in [1.165, 1.54) is 12.1 Å². The number of thiocarbonyl (C=S) groups is 4. The van der Waals surface area contributed by atoms with E-state index < -0.39 is 11.7 Å². The van der Waals surface area contributed by atoms with Crippen LogP contribution in [0.3, 0.4) is 0 Å². The van der Waals surface area contributed by atoms with Crippen LogP contribution in [0.5, 0.6) is 0 Å². The number of hydrogen-bond donors (Lipinski definition) is 4. The van der Waals surface area contributed by atoms with Crippen LogP contribution < -0.4 is 21.7 Å². The molecule has 0 aliphatic heterocycles. The highest BCUT2D eigenvalue weighted by atomic mass is 32.1. The van der Waals surface area contributed by atoms with E-state index in [1.807, 2.05) is 141 Å². The maximum Gasteiger partial charge on any atom is 0.416 e. The fraction of sp³-hybridized carbons (Fsp3) is 0.354. The molecular weight excluding hydrogens is 944 g/mol. The number of hydrogen-bond acceptors (Lipinski definition) is 9. The van der Waals surface area contributed by atoms with Crippen LogP contribution in [0.25, 0.3) is 0 Å². The zero-order valence-corrected chi connectivity index (χ0v) is 42.7. The smallest absolute Gasteiger partial charge is 0.348 e. The number of pyridine rings is 1. The molecule has 4 N–H and O–H groups in total. The molecule has 13 nitrogen and oxygen atoms in total. The van der Waals surface area contributed by atoms with Crippen molar-refractivity contribution in [3.05, 3.63) is 137 Å². The summed E-state index contributed by atoms with van der Waals surface area (Å²) in [6, 6.07) is 27.4. The summed E-state index contributed by atoms with van der Waals surface area (Å²) in [5, 5.41) is 20.6. The monoisotopic (exact) mass is 1000 g/mol. The van der Waals surface area contributed by atoms with Crippen LogP contribution in [0, 0.1) is 0 Å². The van der Waals surface area contributed by atoms with Crippen molar-refractivity contribution >= 4 is 92.2 Å². The van der Waals surface area contributed by atoms with Crippen LogP contribution in [0.4, 0.5) is 13.2 Å². The number of alkyl halides is 3. The summed E-state index contributed by atoms with van der Waals surface area (Å²) in [5.41, 5.74) is 16.1. The van der Waals surface area contributed by atoms with E-state index in [-0.39, 0.29) is 5.71 Å². The van der Waals surface area contributed by atoms with Gasteiger partial charge < -0.3 is 19.6 Å². The molecule has 4 aromatic rings. The molecule has 0 amide bonds. The first kappa shape index (κ1) is 54.6. The molecule has 4 rings (SSSR count). The van der Waals surface area contributed by atoms with Crippen LogP contribution in [-0.2, 0) is 12.6 Å². The predicted molar refractivity (Wildman–Crippen MR) is 287 cm³/mol. The highest BCUT2D eigenvalue weighted by Gasteiger charge is 2.30. The van der Waals surface area contributed by atoms with Crippen LogP contribution in [0.15, 0.2) is 124 Å². The quantitative estimate of drug-likeness (QED) is 0.0386. The maximum absolute atomic E-state index is 13.7. The Bertz CT molecular complexity index is 2380. The number of benzene rings is 3. The summed E-state index contributed by atoms with van der Waals surface area (Å²) >= 11 is 22.9. The van der Waals surface area contributed by atoms with Gasteiger partial charge in [0.25, 0.3) is 0 Å². The van der Waals surface area contributed by atoms with E-state index in [0.717, 1.165) is 23.3 Å². The van der Waals surface area contributed by atoms with Gasteiger partial charge in [-0.1, -0.05) is 78.9 Å². The van der Waals surface area contributed by atoms with Crippen LogP contribution in [0.1, 0.15) is 82.0 Å². The molecule has 0 fully saturated rings. The standard InChI is InChI=1S/C48H60F3N13S4/c1-8-61(9-2)44(65)57-53-40(35-21-17-15-18-22-35)41(37-26-28-38(29-27-37)48(49,50)51)54-60-47(68)64(14-7)32-31-34-25-30-39(52-33-34)43(56-59-46(67)63(12-5)13-6)42(36-23-19-16-20-24-36)55-58-45(66)62(10-3)11-4/h15-30,33H,8-14,31-32H2,1-7H3,(H,57,65)(H,58,66)(H,59,67)(H,60,68)/b53-40+,54-41+,55-42+,56-43+. The lowest BCUT2D eigenvalue weighted by atomic mass is 9.99. The van der Waals surface area contributed by atoms with Gasteiger partial charge in [0.2, 0.25) is 0 Å². The Kier molecular flexibility index (Phi) is 22.3. The number of aromatic nitrogens is 1. The van der Waals surface area contributed by atoms with Gasteiger partial charge in [0.1, 0.15) is 22.8 Å². The predicted octanol–water partition coefficient (Wildman–Crippen LogP) is 8.41. The lowest BCUT2D eigenvalue weighted by molar-refractivity contribution is -0.137. The highest BCUT2D eigenvalue weighted by molar-refractivity contribution is 7.80. The first-order chi connectivity index (χ1) is 32.7. The van der Waals surface area contributed by atoms with Crippen LogP contribution in [0.2, 0.25) is 0 Å². The summed E-state index contributed by atoms with van der Waals surface area (Å²) in [6.45, 7) is 19.1. The molecule has 0 bridgehead atoms. The van der Waals surface area contributed by atoms with Crippen molar-refractivity contribution in [2.45, 2.75) is 61.1 Å². The molecule has 68 heavy (non-hydrogen) atoms. The second-order valence-electron chi connectivity index (χ2n) is 14.7. The summed E-state index contributed by atoms with van der Waals surface area (Å²) < 4.78 is 41.0. The molecule has 0 saturated carbocycles. The normalized spacial score (nSPS) is 12.2. The summed E-state index contributed by atoms with van der Waals surface area (Å²) in [6.07, 6.45) is -2.19. The van der Waals surface area contributed by atoms with Crippen molar-refractivity contribution in [3.8, 4) is 0 Å². The van der Waals surface area contributed by atoms with Crippen molar-refractivity contribution < 1.29 is 13.2 Å². The average Bonchev–Trinajstić information content (AvgIpc) is 3.35. The van der Waals surface area contributed by atoms with Crippen molar-refractivity contribution in [2.75, 3.05) is 52.4 Å². The van der Waals surface area contributed by atoms with Gasteiger partial charge in [-0.15, -0.1) is 0 Å². The van der Waals surface area contributed by atoms with E-state index in [2.05, 4.69) is 26.8 Å². The Balaban J connectivity index is 1.66. The van der Waals surface area contributed by atoms with E-state index in [0.29, 0.717) is 113 Å². The number of rotatable bonds is 20. The Morgan fingerprint density at radius 3 is 1.18 bits per heavy atom. The lowest BCUT2D eigenvalue weighted by Gasteiger charge is -2.24. The SMILES string of the molecule is CCN(CC)C(=S)N/N=C(/C(=N/NC(=S)N(CC)CCc1ccc(C(=N\NC(=S)N(CC)CC)/C(=N/NC(=S)N(CC)CC)c2ccccc2)nc1)c1ccc(C(F)(F)F)cc1)c1ccccc1. The first-order valence-electron chi connectivity index (χ1n) is 22.5. The zero-order chi connectivity index (χ0) is 49.6. The van der Waals surface area contributed by atoms with Gasteiger partial charge in [-0.05, 0) is 128 Å². The minimum Gasteiger partial charge on any atom is -0.348 e. The Hall–Kier alpha value is -5.96. The summed E-state index contributed by atoms with van der Waals surface area (Å²) in [4.78, 5) is 12.7. The minimum absolute atomic E-state index is 0.242. The number of hydrazone groups is 4. The fourth-order valence-electron chi connectivity index (χ4n) is 6.61. The lowest BCUT2D eigenvalue weighted by Crippen LogP contribution is -2.40. The van der Waals surface area contributed by atoms with Gasteiger partial charge in [-0.3, -0.25) is 26.7 Å². The molecule has 0 saturated heterocycles. The molecule has 1 aromatic heterocycles. The number of nitrogens with one attached hydrogen (secondary N) is 4. The molecule has 1 heterocycles. The topological polar surface area (TPSA) is 123 Å². The first-order valence-corrected chi connectivity index (χ1v) is 24.1. The van der Waals surface area contributed by atoms with Crippen molar-refractivity contribution in [1.82, 2.24) is 46.3 Å². The minimum atomic E-state index is -4.52. The van der Waals surface area contributed by atoms with Crippen molar-refractivity contribution in [1.29, 1.82) is 0 Å². The molecular formula is C48H60F3N13S4. The van der Waals surface area contributed by atoms with E-state index in [9.17, 15) is 13.2 Å². The summed E-state index contributed by atoms with van der Waals surface area (Å²) in [7, 11) is 0. The zero-order valence-electron chi connectivity index (χ0n) is 39.5. The van der Waals surface area contributed by atoms with E-state index in [1.54, 1.807) is 6.20 Å². The van der Waals surface area contributed by atoms with Gasteiger partial charge in [0, 0.05) is 75.2 Å². The molecule has 362 valence electrons. The third-order valence-corrected chi connectivity index (χ3v) is 12.0. The third kappa shape index (κ3) is 15.8. The Labute approximate surface area is 420 Å². The van der Waals surface area contributed by atoms with Gasteiger partial charge in [0.15, 0.2) is 20.4 Å². The van der Waals surface area contributed by atoms with Gasteiger partial charge in [-0.2, -0.15) is 33.6 Å². The van der Waals surface area contributed by atoms with Gasteiger partial charge in [-0.25, -0.2) is 0 Å². The third-order valence-electron chi connectivity index (χ3n) is 10.6. The Morgan fingerprint density at radius 1 is 0.471 bits per heavy atom. The second kappa shape index (κ2) is 27.8. The number of likely N-dealkylation sites (N-methyl/N-ethyl adjacent to an activating group) is 1. The Morgan fingerprint density at radius 2 is 0.824 bits per heavy atom. The number of nitrogens with zero attached hydrogens (tertiary/aromatic N) is 9. The van der Waals surface area contributed by atoms with E-state index >= 15 is 0 Å². The molecule has 0 radical (unpaired) electrons. The molecule has 0 spiro atoms. The molecule has 0 aliphatic carbocycles. The van der Waals surface area contributed by atoms with Crippen molar-refractivity contribution in [2.24, 2.45) is 20.4 Å². The average molecular weight is 1000 g/mol. The van der Waals surface area contributed by atoms with E-state index in [4.69, 9.17) is 69.2 Å². The maximum atomic E-state index is 13.7. The van der Waals surface area contributed by atoms with Crippen LogP contribution in [-0.4, -0.2) is 120 Å². The summed E-state index contributed by atoms with van der Waals surface area (Å²) in [5.74, 6) is 0.